The Morgan fingerprint density at radius 3 is 2.79 bits per heavy atom. The van der Waals surface area contributed by atoms with E-state index < -0.39 is 0 Å². The molecule has 2 unspecified atom stereocenters. The molecule has 2 rings (SSSR count). The molecule has 0 bridgehead atoms. The van der Waals surface area contributed by atoms with Crippen molar-refractivity contribution < 1.29 is 9.84 Å². The highest BCUT2D eigenvalue weighted by molar-refractivity contribution is 5.39. The summed E-state index contributed by atoms with van der Waals surface area (Å²) in [5.41, 5.74) is 2.06. The highest BCUT2D eigenvalue weighted by Crippen LogP contribution is 2.43. The summed E-state index contributed by atoms with van der Waals surface area (Å²) in [5, 5.41) is 13.5. The van der Waals surface area contributed by atoms with Gasteiger partial charge in [-0.15, -0.1) is 0 Å². The van der Waals surface area contributed by atoms with Gasteiger partial charge in [0.1, 0.15) is 5.75 Å². The molecule has 3 heteroatoms. The van der Waals surface area contributed by atoms with E-state index in [1.54, 1.807) is 0 Å². The number of phenols is 1. The lowest BCUT2D eigenvalue weighted by atomic mass is 9.64. The van der Waals surface area contributed by atoms with Gasteiger partial charge in [0, 0.05) is 30.2 Å². The van der Waals surface area contributed by atoms with Crippen molar-refractivity contribution >= 4 is 0 Å². The number of nitrogens with one attached hydrogen (secondary N) is 1. The van der Waals surface area contributed by atoms with Gasteiger partial charge in [0.2, 0.25) is 0 Å². The van der Waals surface area contributed by atoms with Crippen LogP contribution in [0.4, 0.5) is 0 Å². The Hall–Kier alpha value is -1.06. The number of ether oxygens (including phenoxy) is 1. The lowest BCUT2D eigenvalue weighted by molar-refractivity contribution is -0.114. The Labute approximate surface area is 116 Å². The smallest absolute Gasteiger partial charge is 0.122 e. The van der Waals surface area contributed by atoms with Crippen molar-refractivity contribution in [2.75, 3.05) is 6.61 Å². The van der Waals surface area contributed by atoms with E-state index in [9.17, 15) is 5.11 Å². The van der Waals surface area contributed by atoms with Gasteiger partial charge < -0.3 is 15.2 Å². The van der Waals surface area contributed by atoms with E-state index in [1.165, 1.54) is 0 Å². The van der Waals surface area contributed by atoms with Crippen molar-refractivity contribution in [2.45, 2.75) is 52.8 Å². The maximum Gasteiger partial charge on any atom is 0.122 e. The van der Waals surface area contributed by atoms with Crippen molar-refractivity contribution in [1.29, 1.82) is 0 Å². The van der Waals surface area contributed by atoms with E-state index in [2.05, 4.69) is 19.2 Å². The monoisotopic (exact) mass is 263 g/mol. The fourth-order valence-corrected chi connectivity index (χ4v) is 2.81. The molecule has 106 valence electrons. The molecule has 0 saturated heterocycles. The number of para-hydroxylation sites is 1. The second kappa shape index (κ2) is 5.51. The van der Waals surface area contributed by atoms with Crippen LogP contribution in [0.15, 0.2) is 18.2 Å². The van der Waals surface area contributed by atoms with Crippen LogP contribution in [0.5, 0.6) is 5.75 Å². The van der Waals surface area contributed by atoms with Gasteiger partial charge in [-0.05, 0) is 25.8 Å². The van der Waals surface area contributed by atoms with Crippen molar-refractivity contribution in [3.8, 4) is 5.75 Å². The molecule has 0 radical (unpaired) electrons. The first-order valence-corrected chi connectivity index (χ1v) is 7.09. The molecule has 0 spiro atoms. The second-order valence-electron chi connectivity index (χ2n) is 6.02. The zero-order chi connectivity index (χ0) is 14.0. The summed E-state index contributed by atoms with van der Waals surface area (Å²) >= 11 is 0. The molecular weight excluding hydrogens is 238 g/mol. The predicted octanol–water partition coefficient (Wildman–Crippen LogP) is 2.99. The molecule has 1 aromatic rings. The molecule has 2 atom stereocenters. The maximum atomic E-state index is 10.0. The number of aryl methyl sites for hydroxylation is 1. The van der Waals surface area contributed by atoms with Crippen LogP contribution in [0.3, 0.4) is 0 Å². The number of hydrogen-bond donors (Lipinski definition) is 2. The molecule has 1 saturated carbocycles. The van der Waals surface area contributed by atoms with Crippen molar-refractivity contribution in [2.24, 2.45) is 5.41 Å². The molecule has 0 amide bonds. The summed E-state index contributed by atoms with van der Waals surface area (Å²) in [6.45, 7) is 9.94. The molecule has 1 aliphatic rings. The molecule has 3 nitrogen and oxygen atoms in total. The Bertz CT molecular complexity index is 442. The third kappa shape index (κ3) is 2.77. The van der Waals surface area contributed by atoms with E-state index in [1.807, 2.05) is 32.0 Å². The SMILES string of the molecule is CCOC1CC(NCc2cccc(C)c2O)C1(C)C. The van der Waals surface area contributed by atoms with E-state index in [0.717, 1.165) is 24.2 Å². The third-order valence-corrected chi connectivity index (χ3v) is 4.41. The molecule has 1 aliphatic carbocycles. The van der Waals surface area contributed by atoms with Crippen LogP contribution in [-0.4, -0.2) is 23.9 Å². The Kier molecular flexibility index (Phi) is 4.16. The third-order valence-electron chi connectivity index (χ3n) is 4.41. The molecule has 0 heterocycles. The summed E-state index contributed by atoms with van der Waals surface area (Å²) in [7, 11) is 0. The Balaban J connectivity index is 1.92. The van der Waals surface area contributed by atoms with Crippen LogP contribution in [0.2, 0.25) is 0 Å². The van der Waals surface area contributed by atoms with Crippen LogP contribution in [0.1, 0.15) is 38.3 Å². The normalized spacial score (nSPS) is 25.1. The average molecular weight is 263 g/mol. The van der Waals surface area contributed by atoms with Crippen molar-refractivity contribution in [1.82, 2.24) is 5.32 Å². The van der Waals surface area contributed by atoms with Crippen LogP contribution < -0.4 is 5.32 Å². The predicted molar refractivity (Wildman–Crippen MR) is 77.3 cm³/mol. The number of aromatic hydroxyl groups is 1. The van der Waals surface area contributed by atoms with Gasteiger partial charge in [-0.3, -0.25) is 0 Å². The topological polar surface area (TPSA) is 41.5 Å². The summed E-state index contributed by atoms with van der Waals surface area (Å²) in [4.78, 5) is 0. The molecule has 0 aliphatic heterocycles. The molecular formula is C16H25NO2. The molecule has 1 fully saturated rings. The van der Waals surface area contributed by atoms with Gasteiger partial charge in [0.05, 0.1) is 6.10 Å². The van der Waals surface area contributed by atoms with Crippen molar-refractivity contribution in [3.05, 3.63) is 29.3 Å². The first-order chi connectivity index (χ1) is 8.96. The number of benzene rings is 1. The minimum atomic E-state index is 0.162. The fourth-order valence-electron chi connectivity index (χ4n) is 2.81. The van der Waals surface area contributed by atoms with Gasteiger partial charge in [-0.2, -0.15) is 0 Å². The van der Waals surface area contributed by atoms with E-state index in [-0.39, 0.29) is 5.41 Å². The van der Waals surface area contributed by atoms with E-state index in [4.69, 9.17) is 4.74 Å². The zero-order valence-corrected chi connectivity index (χ0v) is 12.4. The van der Waals surface area contributed by atoms with Crippen LogP contribution in [0, 0.1) is 12.3 Å². The summed E-state index contributed by atoms with van der Waals surface area (Å²) in [6, 6.07) is 6.34. The lowest BCUT2D eigenvalue weighted by Crippen LogP contribution is -2.60. The average Bonchev–Trinajstić information content (AvgIpc) is 2.37. The lowest BCUT2D eigenvalue weighted by Gasteiger charge is -2.52. The largest absolute Gasteiger partial charge is 0.507 e. The second-order valence-corrected chi connectivity index (χ2v) is 6.02. The zero-order valence-electron chi connectivity index (χ0n) is 12.4. The molecule has 19 heavy (non-hydrogen) atoms. The highest BCUT2D eigenvalue weighted by atomic mass is 16.5. The number of phenolic OH excluding ortho intramolecular Hbond substituents is 1. The van der Waals surface area contributed by atoms with E-state index in [0.29, 0.717) is 24.4 Å². The molecule has 1 aromatic carbocycles. The molecule has 0 aromatic heterocycles. The summed E-state index contributed by atoms with van der Waals surface area (Å²) < 4.78 is 5.73. The number of rotatable bonds is 5. The van der Waals surface area contributed by atoms with Gasteiger partial charge in [-0.1, -0.05) is 32.0 Å². The minimum Gasteiger partial charge on any atom is -0.507 e. The van der Waals surface area contributed by atoms with Crippen LogP contribution >= 0.6 is 0 Å². The molecule has 2 N–H and O–H groups in total. The maximum absolute atomic E-state index is 10.0. The first-order valence-electron chi connectivity index (χ1n) is 7.09. The van der Waals surface area contributed by atoms with E-state index >= 15 is 0 Å². The van der Waals surface area contributed by atoms with Gasteiger partial charge in [0.25, 0.3) is 0 Å². The van der Waals surface area contributed by atoms with Crippen molar-refractivity contribution in [3.63, 3.8) is 0 Å². The quantitative estimate of drug-likeness (QED) is 0.858. The van der Waals surface area contributed by atoms with Gasteiger partial charge >= 0.3 is 0 Å². The first kappa shape index (κ1) is 14.4. The fraction of sp³-hybridized carbons (Fsp3) is 0.625. The van der Waals surface area contributed by atoms with Gasteiger partial charge in [-0.25, -0.2) is 0 Å². The standard InChI is InChI=1S/C16H25NO2/c1-5-19-14-9-13(16(14,3)4)17-10-12-8-6-7-11(2)15(12)18/h6-8,13-14,17-18H,5,9-10H2,1-4H3. The summed E-state index contributed by atoms with van der Waals surface area (Å²) in [6.07, 6.45) is 1.40. The minimum absolute atomic E-state index is 0.162. The highest BCUT2D eigenvalue weighted by Gasteiger charge is 2.48. The Morgan fingerprint density at radius 2 is 2.16 bits per heavy atom. The van der Waals surface area contributed by atoms with Crippen LogP contribution in [0.25, 0.3) is 0 Å². The van der Waals surface area contributed by atoms with Gasteiger partial charge in [0.15, 0.2) is 0 Å². The summed E-state index contributed by atoms with van der Waals surface area (Å²) in [5.74, 6) is 0.411. The number of hydrogen-bond acceptors (Lipinski definition) is 3. The van der Waals surface area contributed by atoms with Crippen LogP contribution in [-0.2, 0) is 11.3 Å². The Morgan fingerprint density at radius 1 is 1.42 bits per heavy atom.